The quantitative estimate of drug-likeness (QED) is 0.898. The van der Waals surface area contributed by atoms with Crippen LogP contribution in [-0.4, -0.2) is 41.8 Å². The first-order chi connectivity index (χ1) is 12.7. The maximum Gasteiger partial charge on any atom is 0.123 e. The number of aliphatic hydroxyl groups is 1. The number of hydrogen-bond donors (Lipinski definition) is 1. The molecular weight excluding hydrogens is 329 g/mol. The molecule has 2 saturated heterocycles. The third kappa shape index (κ3) is 2.86. The van der Waals surface area contributed by atoms with Gasteiger partial charge in [-0.1, -0.05) is 30.3 Å². The summed E-state index contributed by atoms with van der Waals surface area (Å²) in [5.74, 6) is 0.0787. The summed E-state index contributed by atoms with van der Waals surface area (Å²) in [7, 11) is 0. The van der Waals surface area contributed by atoms with E-state index in [0.29, 0.717) is 0 Å². The molecule has 2 aromatic rings. The van der Waals surface area contributed by atoms with Crippen molar-refractivity contribution in [3.05, 3.63) is 70.5 Å². The minimum Gasteiger partial charge on any atom is -0.392 e. The summed E-state index contributed by atoms with van der Waals surface area (Å²) in [4.78, 5) is 2.29. The molecule has 0 radical (unpaired) electrons. The average molecular weight is 353 g/mol. The van der Waals surface area contributed by atoms with Crippen molar-refractivity contribution in [2.24, 2.45) is 0 Å². The average Bonchev–Trinajstić information content (AvgIpc) is 3.20. The standard InChI is InChI=1S/C22H24FNO2/c23-16-6-5-15-9-14-3-1-2-4-19(14)21-11-18(26-22(21)20(15)10-16)13-24-8-7-17(25)12-24/h1-6,10,17-18,21-22,25H,7-9,11-13H2. The number of hydrogen-bond acceptors (Lipinski definition) is 3. The number of rotatable bonds is 2. The Morgan fingerprint density at radius 3 is 2.81 bits per heavy atom. The largest absolute Gasteiger partial charge is 0.392 e. The Hall–Kier alpha value is -1.75. The van der Waals surface area contributed by atoms with Gasteiger partial charge in [0.15, 0.2) is 0 Å². The molecule has 3 aliphatic rings. The zero-order valence-electron chi connectivity index (χ0n) is 14.8. The molecule has 0 spiro atoms. The van der Waals surface area contributed by atoms with Gasteiger partial charge in [-0.05, 0) is 53.6 Å². The minimum atomic E-state index is -0.211. The summed E-state index contributed by atoms with van der Waals surface area (Å²) >= 11 is 0. The van der Waals surface area contributed by atoms with E-state index in [0.717, 1.165) is 44.5 Å². The van der Waals surface area contributed by atoms with E-state index in [-0.39, 0.29) is 30.0 Å². The Bertz CT molecular complexity index is 824. The van der Waals surface area contributed by atoms with Crippen LogP contribution in [0.25, 0.3) is 0 Å². The van der Waals surface area contributed by atoms with Crippen molar-refractivity contribution in [2.75, 3.05) is 19.6 Å². The number of nitrogens with zero attached hydrogens (tertiary/aromatic N) is 1. The van der Waals surface area contributed by atoms with Crippen LogP contribution >= 0.6 is 0 Å². The lowest BCUT2D eigenvalue weighted by atomic mass is 9.87. The number of β-amino-alcohol motifs (C(OH)–C–C–N with tert-alkyl or cyclic N) is 1. The van der Waals surface area contributed by atoms with Crippen LogP contribution in [0.2, 0.25) is 0 Å². The van der Waals surface area contributed by atoms with Gasteiger partial charge in [0.1, 0.15) is 5.82 Å². The monoisotopic (exact) mass is 353 g/mol. The van der Waals surface area contributed by atoms with Gasteiger partial charge in [0, 0.05) is 25.6 Å². The first-order valence-electron chi connectivity index (χ1n) is 9.59. The molecule has 0 aromatic heterocycles. The van der Waals surface area contributed by atoms with E-state index >= 15 is 0 Å². The summed E-state index contributed by atoms with van der Waals surface area (Å²) in [6.45, 7) is 2.51. The second-order valence-electron chi connectivity index (χ2n) is 7.94. The van der Waals surface area contributed by atoms with E-state index < -0.39 is 0 Å². The molecule has 2 aromatic carbocycles. The number of aliphatic hydroxyl groups excluding tert-OH is 1. The molecule has 5 rings (SSSR count). The maximum absolute atomic E-state index is 14.0. The highest BCUT2D eigenvalue weighted by Gasteiger charge is 2.41. The first-order valence-corrected chi connectivity index (χ1v) is 9.59. The second-order valence-corrected chi connectivity index (χ2v) is 7.94. The summed E-state index contributed by atoms with van der Waals surface area (Å²) in [5.41, 5.74) is 4.85. The SMILES string of the molecule is OC1CCN(CC2CC3c4ccccc4Cc4ccc(F)cc4C3O2)C1. The van der Waals surface area contributed by atoms with Gasteiger partial charge in [-0.2, -0.15) is 0 Å². The van der Waals surface area contributed by atoms with Crippen molar-refractivity contribution >= 4 is 0 Å². The third-order valence-corrected chi connectivity index (χ3v) is 6.18. The van der Waals surface area contributed by atoms with Crippen LogP contribution in [0.3, 0.4) is 0 Å². The Morgan fingerprint density at radius 1 is 1.12 bits per heavy atom. The molecule has 4 atom stereocenters. The number of halogens is 1. The van der Waals surface area contributed by atoms with Crippen molar-refractivity contribution in [3.8, 4) is 0 Å². The molecule has 0 saturated carbocycles. The summed E-state index contributed by atoms with van der Waals surface area (Å²) in [6, 6.07) is 13.7. The van der Waals surface area contributed by atoms with E-state index in [1.165, 1.54) is 16.7 Å². The molecule has 2 heterocycles. The smallest absolute Gasteiger partial charge is 0.123 e. The summed E-state index contributed by atoms with van der Waals surface area (Å²) in [5, 5.41) is 9.78. The van der Waals surface area contributed by atoms with Crippen LogP contribution in [0.15, 0.2) is 42.5 Å². The number of benzene rings is 2. The Labute approximate surface area is 153 Å². The molecule has 3 nitrogen and oxygen atoms in total. The van der Waals surface area contributed by atoms with Crippen LogP contribution < -0.4 is 0 Å². The lowest BCUT2D eigenvalue weighted by molar-refractivity contribution is 0.0211. The molecule has 2 fully saturated rings. The highest BCUT2D eigenvalue weighted by Crippen LogP contribution is 2.49. The van der Waals surface area contributed by atoms with Gasteiger partial charge in [-0.15, -0.1) is 0 Å². The molecule has 1 N–H and O–H groups in total. The summed E-state index contributed by atoms with van der Waals surface area (Å²) in [6.07, 6.45) is 2.46. The van der Waals surface area contributed by atoms with Gasteiger partial charge in [0.05, 0.1) is 18.3 Å². The second kappa shape index (κ2) is 6.45. The Kier molecular flexibility index (Phi) is 4.07. The molecule has 136 valence electrons. The van der Waals surface area contributed by atoms with Crippen molar-refractivity contribution < 1.29 is 14.2 Å². The van der Waals surface area contributed by atoms with Crippen molar-refractivity contribution in [2.45, 2.75) is 43.5 Å². The predicted octanol–water partition coefficient (Wildman–Crippen LogP) is 3.41. The molecular formula is C22H24FNO2. The zero-order valence-corrected chi connectivity index (χ0v) is 14.8. The fourth-order valence-corrected chi connectivity index (χ4v) is 4.98. The third-order valence-electron chi connectivity index (χ3n) is 6.18. The van der Waals surface area contributed by atoms with Gasteiger partial charge < -0.3 is 9.84 Å². The first kappa shape index (κ1) is 16.4. The fraction of sp³-hybridized carbons (Fsp3) is 0.455. The number of fused-ring (bicyclic) bond motifs is 5. The lowest BCUT2D eigenvalue weighted by Crippen LogP contribution is -2.31. The van der Waals surface area contributed by atoms with Crippen molar-refractivity contribution in [3.63, 3.8) is 0 Å². The van der Waals surface area contributed by atoms with E-state index in [2.05, 4.69) is 29.2 Å². The van der Waals surface area contributed by atoms with Crippen LogP contribution in [0.1, 0.15) is 47.1 Å². The molecule has 1 aliphatic carbocycles. The van der Waals surface area contributed by atoms with Crippen LogP contribution in [0.4, 0.5) is 4.39 Å². The molecule has 4 heteroatoms. The molecule has 0 amide bonds. The van der Waals surface area contributed by atoms with E-state index in [1.54, 1.807) is 12.1 Å². The minimum absolute atomic E-state index is 0.0816. The van der Waals surface area contributed by atoms with Crippen LogP contribution in [-0.2, 0) is 11.2 Å². The highest BCUT2D eigenvalue weighted by molar-refractivity contribution is 5.45. The number of ether oxygens (including phenoxy) is 1. The van der Waals surface area contributed by atoms with Gasteiger partial charge in [-0.25, -0.2) is 4.39 Å². The fourth-order valence-electron chi connectivity index (χ4n) is 4.98. The van der Waals surface area contributed by atoms with Crippen molar-refractivity contribution in [1.82, 2.24) is 4.90 Å². The van der Waals surface area contributed by atoms with E-state index in [9.17, 15) is 9.50 Å². The highest BCUT2D eigenvalue weighted by atomic mass is 19.1. The van der Waals surface area contributed by atoms with E-state index in [1.807, 2.05) is 6.07 Å². The number of likely N-dealkylation sites (tertiary alicyclic amines) is 1. The van der Waals surface area contributed by atoms with Gasteiger partial charge >= 0.3 is 0 Å². The Balaban J connectivity index is 1.49. The van der Waals surface area contributed by atoms with Crippen LogP contribution in [0.5, 0.6) is 0 Å². The summed E-state index contributed by atoms with van der Waals surface area (Å²) < 4.78 is 20.5. The maximum atomic E-state index is 14.0. The topological polar surface area (TPSA) is 32.7 Å². The molecule has 2 aliphatic heterocycles. The molecule has 26 heavy (non-hydrogen) atoms. The zero-order chi connectivity index (χ0) is 17.7. The lowest BCUT2D eigenvalue weighted by Gasteiger charge is -2.21. The molecule has 0 bridgehead atoms. The Morgan fingerprint density at radius 2 is 1.96 bits per heavy atom. The van der Waals surface area contributed by atoms with E-state index in [4.69, 9.17) is 4.74 Å². The van der Waals surface area contributed by atoms with Crippen LogP contribution in [0, 0.1) is 5.82 Å². The van der Waals surface area contributed by atoms with Gasteiger partial charge in [0.2, 0.25) is 0 Å². The van der Waals surface area contributed by atoms with Gasteiger partial charge in [-0.3, -0.25) is 4.90 Å². The normalized spacial score (nSPS) is 30.5. The van der Waals surface area contributed by atoms with Gasteiger partial charge in [0.25, 0.3) is 0 Å². The predicted molar refractivity (Wildman–Crippen MR) is 97.7 cm³/mol. The van der Waals surface area contributed by atoms with Crippen molar-refractivity contribution in [1.29, 1.82) is 0 Å². The molecule has 4 unspecified atom stereocenters.